The Morgan fingerprint density at radius 1 is 1.16 bits per heavy atom. The van der Waals surface area contributed by atoms with Crippen LogP contribution in [0.5, 0.6) is 0 Å². The summed E-state index contributed by atoms with van der Waals surface area (Å²) in [6.45, 7) is 6.09. The first-order valence-electron chi connectivity index (χ1n) is 8.12. The normalized spacial score (nSPS) is 12.1. The second kappa shape index (κ2) is 7.29. The molecule has 0 aliphatic carbocycles. The Hall–Kier alpha value is -2.96. The van der Waals surface area contributed by atoms with Crippen LogP contribution < -0.4 is 5.32 Å². The minimum absolute atomic E-state index is 0.151. The zero-order chi connectivity index (χ0) is 17.8. The number of aromatic nitrogens is 3. The second-order valence-corrected chi connectivity index (χ2v) is 6.00. The van der Waals surface area contributed by atoms with E-state index in [1.54, 1.807) is 12.1 Å². The van der Waals surface area contributed by atoms with Crippen molar-refractivity contribution in [3.63, 3.8) is 0 Å². The van der Waals surface area contributed by atoms with E-state index in [4.69, 9.17) is 9.05 Å². The lowest BCUT2D eigenvalue weighted by Crippen LogP contribution is -2.23. The Morgan fingerprint density at radius 2 is 1.92 bits per heavy atom. The largest absolute Gasteiger partial charge is 0.361 e. The molecule has 130 valence electrons. The van der Waals surface area contributed by atoms with Gasteiger partial charge in [-0.3, -0.25) is 4.79 Å². The average Bonchev–Trinajstić information content (AvgIpc) is 3.19. The number of nitrogens with zero attached hydrogens (tertiary/aromatic N) is 3. The maximum absolute atomic E-state index is 12.0. The third kappa shape index (κ3) is 3.93. The van der Waals surface area contributed by atoms with E-state index in [0.717, 1.165) is 17.0 Å². The van der Waals surface area contributed by atoms with Gasteiger partial charge in [0.05, 0.1) is 12.2 Å². The highest BCUT2D eigenvalue weighted by Gasteiger charge is 2.19. The summed E-state index contributed by atoms with van der Waals surface area (Å²) >= 11 is 0. The van der Waals surface area contributed by atoms with Crippen LogP contribution in [-0.2, 0) is 13.0 Å². The molecule has 0 radical (unpaired) electrons. The maximum Gasteiger partial charge on any atom is 0.251 e. The molecule has 0 fully saturated rings. The molecule has 3 rings (SSSR count). The van der Waals surface area contributed by atoms with Crippen LogP contribution >= 0.6 is 0 Å². The molecule has 0 saturated carbocycles. The van der Waals surface area contributed by atoms with Crippen molar-refractivity contribution in [1.29, 1.82) is 0 Å². The van der Waals surface area contributed by atoms with Gasteiger partial charge in [0.2, 0.25) is 5.89 Å². The molecule has 0 saturated heterocycles. The number of hydrogen-bond acceptors (Lipinski definition) is 6. The Balaban J connectivity index is 1.58. The topological polar surface area (TPSA) is 94.1 Å². The van der Waals surface area contributed by atoms with Crippen molar-refractivity contribution in [3.05, 3.63) is 64.6 Å². The third-order valence-electron chi connectivity index (χ3n) is 4.02. The summed E-state index contributed by atoms with van der Waals surface area (Å²) in [5.74, 6) is 1.76. The number of benzene rings is 1. The van der Waals surface area contributed by atoms with E-state index < -0.39 is 0 Å². The predicted molar refractivity (Wildman–Crippen MR) is 90.0 cm³/mol. The smallest absolute Gasteiger partial charge is 0.251 e. The molecule has 7 heteroatoms. The standard InChI is InChI=1S/C18H20N4O3/c1-11(17-12(2)21-24-13(17)3)9-16-20-15(22-25-16)10-19-18(23)14-7-5-4-6-8-14/h4-8,11H,9-10H2,1-3H3,(H,19,23). The van der Waals surface area contributed by atoms with Gasteiger partial charge in [-0.05, 0) is 31.9 Å². The lowest BCUT2D eigenvalue weighted by Gasteiger charge is -2.07. The molecule has 1 atom stereocenters. The van der Waals surface area contributed by atoms with E-state index in [1.165, 1.54) is 0 Å². The molecule has 1 aromatic carbocycles. The summed E-state index contributed by atoms with van der Waals surface area (Å²) in [7, 11) is 0. The van der Waals surface area contributed by atoms with Crippen molar-refractivity contribution < 1.29 is 13.8 Å². The number of hydrogen-bond donors (Lipinski definition) is 1. The molecule has 1 amide bonds. The van der Waals surface area contributed by atoms with Gasteiger partial charge >= 0.3 is 0 Å². The van der Waals surface area contributed by atoms with Gasteiger partial charge in [0.25, 0.3) is 5.91 Å². The molecule has 0 bridgehead atoms. The summed E-state index contributed by atoms with van der Waals surface area (Å²) in [5, 5.41) is 10.7. The van der Waals surface area contributed by atoms with Gasteiger partial charge in [-0.25, -0.2) is 0 Å². The number of amides is 1. The molecule has 2 aromatic heterocycles. The van der Waals surface area contributed by atoms with Gasteiger partial charge in [0.15, 0.2) is 5.82 Å². The number of carbonyl (C=O) groups excluding carboxylic acids is 1. The van der Waals surface area contributed by atoms with Crippen LogP contribution in [-0.4, -0.2) is 21.2 Å². The summed E-state index contributed by atoms with van der Waals surface area (Å²) in [5.41, 5.74) is 2.54. The molecule has 25 heavy (non-hydrogen) atoms. The fourth-order valence-electron chi connectivity index (χ4n) is 2.85. The first kappa shape index (κ1) is 16.9. The minimum atomic E-state index is -0.170. The first-order chi connectivity index (χ1) is 12.0. The molecule has 3 aromatic rings. The van der Waals surface area contributed by atoms with E-state index in [9.17, 15) is 4.79 Å². The lowest BCUT2D eigenvalue weighted by atomic mass is 9.96. The van der Waals surface area contributed by atoms with Crippen molar-refractivity contribution >= 4 is 5.91 Å². The third-order valence-corrected chi connectivity index (χ3v) is 4.02. The number of nitrogens with one attached hydrogen (secondary N) is 1. The number of carbonyl (C=O) groups is 1. The molecule has 0 spiro atoms. The van der Waals surface area contributed by atoms with Gasteiger partial charge in [0, 0.05) is 17.5 Å². The fourth-order valence-corrected chi connectivity index (χ4v) is 2.85. The van der Waals surface area contributed by atoms with Crippen LogP contribution in [0.4, 0.5) is 0 Å². The van der Waals surface area contributed by atoms with Crippen molar-refractivity contribution in [2.24, 2.45) is 0 Å². The van der Waals surface area contributed by atoms with Gasteiger partial charge in [-0.15, -0.1) is 0 Å². The molecule has 0 aliphatic rings. The SMILES string of the molecule is Cc1noc(C)c1C(C)Cc1nc(CNC(=O)c2ccccc2)no1. The second-order valence-electron chi connectivity index (χ2n) is 6.00. The van der Waals surface area contributed by atoms with Gasteiger partial charge < -0.3 is 14.4 Å². The molecular weight excluding hydrogens is 320 g/mol. The van der Waals surface area contributed by atoms with Crippen LogP contribution in [0.25, 0.3) is 0 Å². The van der Waals surface area contributed by atoms with E-state index in [1.807, 2.05) is 32.0 Å². The van der Waals surface area contributed by atoms with Crippen LogP contribution in [0.1, 0.15) is 51.9 Å². The predicted octanol–water partition coefficient (Wildman–Crippen LogP) is 2.95. The fraction of sp³-hybridized carbons (Fsp3) is 0.333. The van der Waals surface area contributed by atoms with Crippen molar-refractivity contribution in [2.75, 3.05) is 0 Å². The average molecular weight is 340 g/mol. The number of rotatable bonds is 6. The molecule has 1 unspecified atom stereocenters. The van der Waals surface area contributed by atoms with Crippen LogP contribution in [0.15, 0.2) is 39.4 Å². The zero-order valence-corrected chi connectivity index (χ0v) is 14.4. The van der Waals surface area contributed by atoms with Gasteiger partial charge in [0.1, 0.15) is 5.76 Å². The molecule has 7 nitrogen and oxygen atoms in total. The van der Waals surface area contributed by atoms with E-state index in [-0.39, 0.29) is 18.4 Å². The van der Waals surface area contributed by atoms with Crippen LogP contribution in [0.2, 0.25) is 0 Å². The van der Waals surface area contributed by atoms with Crippen molar-refractivity contribution in [2.45, 2.75) is 39.7 Å². The quantitative estimate of drug-likeness (QED) is 0.741. The van der Waals surface area contributed by atoms with Gasteiger partial charge in [-0.1, -0.05) is 35.4 Å². The van der Waals surface area contributed by atoms with Crippen LogP contribution in [0.3, 0.4) is 0 Å². The highest BCUT2D eigenvalue weighted by atomic mass is 16.5. The van der Waals surface area contributed by atoms with Crippen LogP contribution in [0, 0.1) is 13.8 Å². The molecule has 2 heterocycles. The minimum Gasteiger partial charge on any atom is -0.361 e. The highest BCUT2D eigenvalue weighted by molar-refractivity contribution is 5.93. The molecule has 1 N–H and O–H groups in total. The monoisotopic (exact) mass is 340 g/mol. The molecular formula is C18H20N4O3. The first-order valence-corrected chi connectivity index (χ1v) is 8.12. The highest BCUT2D eigenvalue weighted by Crippen LogP contribution is 2.25. The Kier molecular flexibility index (Phi) is 4.92. The van der Waals surface area contributed by atoms with E-state index >= 15 is 0 Å². The van der Waals surface area contributed by atoms with Gasteiger partial charge in [-0.2, -0.15) is 4.98 Å². The lowest BCUT2D eigenvalue weighted by molar-refractivity contribution is 0.0949. The maximum atomic E-state index is 12.0. The van der Waals surface area contributed by atoms with E-state index in [2.05, 4.69) is 27.5 Å². The summed E-state index contributed by atoms with van der Waals surface area (Å²) in [6.07, 6.45) is 0.586. The molecule has 0 aliphatic heterocycles. The Bertz CT molecular complexity index is 835. The Morgan fingerprint density at radius 3 is 2.60 bits per heavy atom. The Labute approximate surface area is 145 Å². The van der Waals surface area contributed by atoms with Crippen molar-refractivity contribution in [3.8, 4) is 0 Å². The van der Waals surface area contributed by atoms with E-state index in [0.29, 0.717) is 23.7 Å². The summed E-state index contributed by atoms with van der Waals surface area (Å²) in [6, 6.07) is 9.00. The van der Waals surface area contributed by atoms with Crippen molar-refractivity contribution in [1.82, 2.24) is 20.6 Å². The summed E-state index contributed by atoms with van der Waals surface area (Å²) < 4.78 is 10.5. The summed E-state index contributed by atoms with van der Waals surface area (Å²) in [4.78, 5) is 16.4. The zero-order valence-electron chi connectivity index (χ0n) is 14.4. The number of aryl methyl sites for hydroxylation is 2.